The van der Waals surface area contributed by atoms with Crippen LogP contribution >= 0.6 is 0 Å². The first-order chi connectivity index (χ1) is 12.5. The quantitative estimate of drug-likeness (QED) is 0.740. The summed E-state index contributed by atoms with van der Waals surface area (Å²) >= 11 is 0. The van der Waals surface area contributed by atoms with E-state index < -0.39 is 0 Å². The summed E-state index contributed by atoms with van der Waals surface area (Å²) in [6.45, 7) is 3.77. The molecule has 2 aromatic carbocycles. The Morgan fingerprint density at radius 2 is 1.62 bits per heavy atom. The molecule has 0 N–H and O–H groups in total. The van der Waals surface area contributed by atoms with E-state index in [1.807, 2.05) is 25.2 Å². The molecule has 1 aliphatic rings. The van der Waals surface area contributed by atoms with Crippen LogP contribution in [0.5, 0.6) is 0 Å². The lowest BCUT2D eigenvalue weighted by atomic mass is 9.89. The van der Waals surface area contributed by atoms with E-state index in [2.05, 4.69) is 59.5 Å². The van der Waals surface area contributed by atoms with Crippen molar-refractivity contribution in [2.24, 2.45) is 0 Å². The van der Waals surface area contributed by atoms with Gasteiger partial charge in [-0.25, -0.2) is 0 Å². The largest absolute Gasteiger partial charge is 0.383 e. The van der Waals surface area contributed by atoms with Crippen molar-refractivity contribution in [2.45, 2.75) is 25.7 Å². The summed E-state index contributed by atoms with van der Waals surface area (Å²) in [6, 6.07) is 19.3. The van der Waals surface area contributed by atoms with Gasteiger partial charge in [0.2, 0.25) is 0 Å². The van der Waals surface area contributed by atoms with Gasteiger partial charge in [-0.05, 0) is 48.9 Å². The molecule has 1 aliphatic heterocycles. The number of rotatable bonds is 5. The highest BCUT2D eigenvalue weighted by Gasteiger charge is 2.20. The number of Topliss-reactive ketones (excluding diaryl/α,β-unsaturated/α-hetero) is 1. The van der Waals surface area contributed by atoms with Crippen LogP contribution in [0.1, 0.15) is 36.8 Å². The van der Waals surface area contributed by atoms with Gasteiger partial charge in [0.05, 0.1) is 0 Å². The van der Waals surface area contributed by atoms with Gasteiger partial charge < -0.3 is 9.80 Å². The van der Waals surface area contributed by atoms with Gasteiger partial charge in [-0.15, -0.1) is 0 Å². The Labute approximate surface area is 156 Å². The minimum atomic E-state index is 0.0927. The van der Waals surface area contributed by atoms with E-state index in [-0.39, 0.29) is 5.78 Å². The van der Waals surface area contributed by atoms with Gasteiger partial charge in [-0.1, -0.05) is 42.5 Å². The summed E-state index contributed by atoms with van der Waals surface area (Å²) in [5, 5.41) is 0. The number of piperidine rings is 1. The normalized spacial score (nSPS) is 15.8. The molecule has 0 amide bonds. The van der Waals surface area contributed by atoms with E-state index in [0.717, 1.165) is 24.2 Å². The van der Waals surface area contributed by atoms with Crippen LogP contribution in [0.25, 0.3) is 5.57 Å². The molecule has 0 unspecified atom stereocenters. The molecule has 1 fully saturated rings. The molecule has 0 saturated carbocycles. The van der Waals surface area contributed by atoms with E-state index in [4.69, 9.17) is 0 Å². The van der Waals surface area contributed by atoms with Crippen molar-refractivity contribution >= 4 is 17.0 Å². The zero-order valence-electron chi connectivity index (χ0n) is 16.0. The number of allylic oxidation sites excluding steroid dienone is 1. The molecule has 0 aliphatic carbocycles. The summed E-state index contributed by atoms with van der Waals surface area (Å²) in [6.07, 6.45) is 4.26. The molecule has 0 radical (unpaired) electrons. The molecular formula is C23H28N2O. The Kier molecular flexibility index (Phi) is 5.77. The summed E-state index contributed by atoms with van der Waals surface area (Å²) in [5.41, 5.74) is 4.44. The van der Waals surface area contributed by atoms with Crippen LogP contribution in [0.4, 0.5) is 5.69 Å². The molecule has 136 valence electrons. The van der Waals surface area contributed by atoms with Crippen molar-refractivity contribution in [1.29, 1.82) is 0 Å². The Balaban J connectivity index is 1.67. The number of nitrogens with zero attached hydrogens (tertiary/aromatic N) is 2. The first kappa shape index (κ1) is 18.2. The molecule has 3 nitrogen and oxygen atoms in total. The second-order valence-corrected chi connectivity index (χ2v) is 7.28. The summed E-state index contributed by atoms with van der Waals surface area (Å²) in [7, 11) is 3.88. The number of hydrogen-bond acceptors (Lipinski definition) is 3. The van der Waals surface area contributed by atoms with Crippen molar-refractivity contribution in [1.82, 2.24) is 4.90 Å². The maximum Gasteiger partial charge on any atom is 0.161 e. The fourth-order valence-electron chi connectivity index (χ4n) is 3.67. The fraction of sp³-hybridized carbons (Fsp3) is 0.348. The highest BCUT2D eigenvalue weighted by atomic mass is 16.1. The molecule has 0 atom stereocenters. The van der Waals surface area contributed by atoms with Crippen molar-refractivity contribution in [3.05, 3.63) is 71.9 Å². The van der Waals surface area contributed by atoms with Gasteiger partial charge in [0, 0.05) is 44.6 Å². The Morgan fingerprint density at radius 3 is 2.15 bits per heavy atom. The molecule has 2 aromatic rings. The van der Waals surface area contributed by atoms with Crippen LogP contribution in [0.15, 0.2) is 60.8 Å². The van der Waals surface area contributed by atoms with E-state index in [1.54, 1.807) is 6.92 Å². The average molecular weight is 348 g/mol. The summed E-state index contributed by atoms with van der Waals surface area (Å²) in [4.78, 5) is 16.3. The Morgan fingerprint density at radius 1 is 1.00 bits per heavy atom. The minimum Gasteiger partial charge on any atom is -0.383 e. The molecule has 0 bridgehead atoms. The van der Waals surface area contributed by atoms with E-state index in [0.29, 0.717) is 5.92 Å². The molecule has 3 heteroatoms. The first-order valence-electron chi connectivity index (χ1n) is 9.34. The average Bonchev–Trinajstić information content (AvgIpc) is 2.67. The van der Waals surface area contributed by atoms with Crippen molar-refractivity contribution < 1.29 is 4.79 Å². The number of benzene rings is 2. The highest BCUT2D eigenvalue weighted by molar-refractivity contribution is 6.19. The number of anilines is 1. The Bertz CT molecular complexity index is 755. The zero-order valence-corrected chi connectivity index (χ0v) is 16.0. The SMILES string of the molecule is CC(=O)/C(=C/N(C)C)c1ccc(N2CCC(c3ccccc3)CC2)cc1. The third-order valence-electron chi connectivity index (χ3n) is 5.08. The Hall–Kier alpha value is -2.55. The van der Waals surface area contributed by atoms with Crippen LogP contribution in [0, 0.1) is 0 Å². The van der Waals surface area contributed by atoms with Crippen LogP contribution in [-0.2, 0) is 4.79 Å². The van der Waals surface area contributed by atoms with E-state index in [1.165, 1.54) is 24.1 Å². The van der Waals surface area contributed by atoms with Crippen molar-refractivity contribution in [2.75, 3.05) is 32.1 Å². The van der Waals surface area contributed by atoms with Gasteiger partial charge in [0.15, 0.2) is 5.78 Å². The summed E-state index contributed by atoms with van der Waals surface area (Å²) in [5.74, 6) is 0.759. The number of carbonyl (C=O) groups excluding carboxylic acids is 1. The van der Waals surface area contributed by atoms with Gasteiger partial charge in [-0.3, -0.25) is 4.79 Å². The van der Waals surface area contributed by atoms with Gasteiger partial charge in [0.1, 0.15) is 0 Å². The predicted molar refractivity (Wildman–Crippen MR) is 109 cm³/mol. The highest BCUT2D eigenvalue weighted by Crippen LogP contribution is 2.31. The molecule has 0 aromatic heterocycles. The monoisotopic (exact) mass is 348 g/mol. The standard InChI is InChI=1S/C23H28N2O/c1-18(26)23(17-24(2)3)21-9-11-22(12-10-21)25-15-13-20(14-16-25)19-7-5-4-6-8-19/h4-12,17,20H,13-16H2,1-3H3/b23-17-. The summed E-state index contributed by atoms with van der Waals surface area (Å²) < 4.78 is 0. The van der Waals surface area contributed by atoms with Crippen molar-refractivity contribution in [3.63, 3.8) is 0 Å². The van der Waals surface area contributed by atoms with Crippen LogP contribution in [0.2, 0.25) is 0 Å². The fourth-order valence-corrected chi connectivity index (χ4v) is 3.67. The lowest BCUT2D eigenvalue weighted by Crippen LogP contribution is -2.32. The second-order valence-electron chi connectivity index (χ2n) is 7.28. The lowest BCUT2D eigenvalue weighted by molar-refractivity contribution is -0.111. The third-order valence-corrected chi connectivity index (χ3v) is 5.08. The molecule has 26 heavy (non-hydrogen) atoms. The van der Waals surface area contributed by atoms with Gasteiger partial charge in [-0.2, -0.15) is 0 Å². The predicted octanol–water partition coefficient (Wildman–Crippen LogP) is 4.56. The maximum atomic E-state index is 11.9. The van der Waals surface area contributed by atoms with Crippen LogP contribution < -0.4 is 4.90 Å². The van der Waals surface area contributed by atoms with Gasteiger partial charge in [0.25, 0.3) is 0 Å². The zero-order chi connectivity index (χ0) is 18.5. The third kappa shape index (κ3) is 4.34. The number of hydrogen-bond donors (Lipinski definition) is 0. The molecule has 1 saturated heterocycles. The van der Waals surface area contributed by atoms with Crippen molar-refractivity contribution in [3.8, 4) is 0 Å². The van der Waals surface area contributed by atoms with E-state index >= 15 is 0 Å². The molecule has 0 spiro atoms. The molecular weight excluding hydrogens is 320 g/mol. The molecule has 1 heterocycles. The lowest BCUT2D eigenvalue weighted by Gasteiger charge is -2.34. The van der Waals surface area contributed by atoms with Crippen LogP contribution in [-0.4, -0.2) is 37.9 Å². The first-order valence-corrected chi connectivity index (χ1v) is 9.34. The smallest absolute Gasteiger partial charge is 0.161 e. The van der Waals surface area contributed by atoms with Gasteiger partial charge >= 0.3 is 0 Å². The number of carbonyl (C=O) groups is 1. The van der Waals surface area contributed by atoms with E-state index in [9.17, 15) is 4.79 Å². The minimum absolute atomic E-state index is 0.0927. The number of ketones is 1. The molecule has 3 rings (SSSR count). The topological polar surface area (TPSA) is 23.6 Å². The maximum absolute atomic E-state index is 11.9. The second kappa shape index (κ2) is 8.22. The van der Waals surface area contributed by atoms with Crippen LogP contribution in [0.3, 0.4) is 0 Å².